The van der Waals surface area contributed by atoms with Gasteiger partial charge in [0.1, 0.15) is 22.7 Å². The van der Waals surface area contributed by atoms with Gasteiger partial charge in [0.05, 0.1) is 4.47 Å². The number of aromatic nitrogens is 4. The molecule has 0 saturated heterocycles. The molecule has 0 unspecified atom stereocenters. The van der Waals surface area contributed by atoms with Crippen molar-refractivity contribution in [2.24, 2.45) is 5.84 Å². The summed E-state index contributed by atoms with van der Waals surface area (Å²) in [6.07, 6.45) is 4.59. The lowest BCUT2D eigenvalue weighted by Gasteiger charge is -2.05. The highest BCUT2D eigenvalue weighted by Gasteiger charge is 2.09. The van der Waals surface area contributed by atoms with Crippen molar-refractivity contribution in [3.05, 3.63) is 29.4 Å². The molecular formula is C8H7BrN6S. The lowest BCUT2D eigenvalue weighted by molar-refractivity contribution is 1.000. The number of halogens is 1. The van der Waals surface area contributed by atoms with Crippen molar-refractivity contribution in [2.45, 2.75) is 10.1 Å². The van der Waals surface area contributed by atoms with E-state index in [9.17, 15) is 0 Å². The third-order valence-electron chi connectivity index (χ3n) is 1.65. The molecule has 0 aromatic carbocycles. The van der Waals surface area contributed by atoms with Gasteiger partial charge >= 0.3 is 0 Å². The monoisotopic (exact) mass is 298 g/mol. The predicted octanol–water partition coefficient (Wildman–Crippen LogP) is 1.47. The molecule has 2 aromatic heterocycles. The Bertz CT molecular complexity index is 479. The average molecular weight is 299 g/mol. The number of nitrogens with zero attached hydrogens (tertiary/aromatic N) is 4. The van der Waals surface area contributed by atoms with Crippen LogP contribution >= 0.6 is 27.7 Å². The van der Waals surface area contributed by atoms with Gasteiger partial charge in [0.15, 0.2) is 5.82 Å². The van der Waals surface area contributed by atoms with Crippen molar-refractivity contribution >= 4 is 33.5 Å². The van der Waals surface area contributed by atoms with Crippen LogP contribution in [0.2, 0.25) is 0 Å². The number of nitrogen functional groups attached to an aromatic ring is 1. The van der Waals surface area contributed by atoms with E-state index in [1.807, 2.05) is 0 Å². The number of rotatable bonds is 3. The fraction of sp³-hybridized carbons (Fsp3) is 0. The molecule has 0 aliphatic carbocycles. The highest BCUT2D eigenvalue weighted by molar-refractivity contribution is 9.10. The molecule has 2 heterocycles. The van der Waals surface area contributed by atoms with Crippen molar-refractivity contribution in [3.8, 4) is 0 Å². The molecule has 82 valence electrons. The molecule has 0 radical (unpaired) electrons. The van der Waals surface area contributed by atoms with Crippen molar-refractivity contribution < 1.29 is 0 Å². The van der Waals surface area contributed by atoms with E-state index in [0.717, 1.165) is 10.1 Å². The van der Waals surface area contributed by atoms with Gasteiger partial charge in [-0.2, -0.15) is 0 Å². The van der Waals surface area contributed by atoms with Crippen molar-refractivity contribution in [2.75, 3.05) is 5.43 Å². The van der Waals surface area contributed by atoms with Crippen LogP contribution in [0, 0.1) is 0 Å². The second-order valence-corrected chi connectivity index (χ2v) is 4.44. The smallest absolute Gasteiger partial charge is 0.158 e. The maximum Gasteiger partial charge on any atom is 0.158 e. The Labute approximate surface area is 104 Å². The highest BCUT2D eigenvalue weighted by Crippen LogP contribution is 2.33. The van der Waals surface area contributed by atoms with Crippen LogP contribution in [0.15, 0.2) is 39.4 Å². The molecule has 0 aliphatic heterocycles. The van der Waals surface area contributed by atoms with Crippen LogP contribution in [-0.4, -0.2) is 19.9 Å². The number of anilines is 1. The fourth-order valence-corrected chi connectivity index (χ4v) is 2.24. The second kappa shape index (κ2) is 5.19. The summed E-state index contributed by atoms with van der Waals surface area (Å²) in [6, 6.07) is 1.80. The maximum atomic E-state index is 5.31. The summed E-state index contributed by atoms with van der Waals surface area (Å²) in [4.78, 5) is 16.0. The first-order valence-electron chi connectivity index (χ1n) is 4.22. The number of hydrogen-bond donors (Lipinski definition) is 2. The zero-order valence-corrected chi connectivity index (χ0v) is 10.4. The van der Waals surface area contributed by atoms with Crippen molar-refractivity contribution in [1.82, 2.24) is 19.9 Å². The molecule has 8 heteroatoms. The zero-order valence-electron chi connectivity index (χ0n) is 7.96. The van der Waals surface area contributed by atoms with Crippen molar-refractivity contribution in [3.63, 3.8) is 0 Å². The van der Waals surface area contributed by atoms with Crippen LogP contribution in [0.5, 0.6) is 0 Å². The summed E-state index contributed by atoms with van der Waals surface area (Å²) in [7, 11) is 0. The molecule has 2 rings (SSSR count). The third kappa shape index (κ3) is 2.46. The first-order chi connectivity index (χ1) is 7.81. The minimum absolute atomic E-state index is 0.534. The SMILES string of the molecule is NNc1ncnc(Sc2ccncn2)c1Br. The lowest BCUT2D eigenvalue weighted by Crippen LogP contribution is -2.09. The second-order valence-electron chi connectivity index (χ2n) is 2.64. The molecule has 0 amide bonds. The Morgan fingerprint density at radius 2 is 2.12 bits per heavy atom. The topological polar surface area (TPSA) is 89.6 Å². The molecule has 16 heavy (non-hydrogen) atoms. The van der Waals surface area contributed by atoms with Crippen LogP contribution < -0.4 is 11.3 Å². The van der Waals surface area contributed by atoms with Gasteiger partial charge in [0.2, 0.25) is 0 Å². The van der Waals surface area contributed by atoms with Gasteiger partial charge in [-0.05, 0) is 33.8 Å². The van der Waals surface area contributed by atoms with E-state index >= 15 is 0 Å². The largest absolute Gasteiger partial charge is 0.307 e. The van der Waals surface area contributed by atoms with E-state index in [2.05, 4.69) is 41.3 Å². The quantitative estimate of drug-likeness (QED) is 0.504. The Morgan fingerprint density at radius 3 is 2.81 bits per heavy atom. The van der Waals surface area contributed by atoms with Crippen molar-refractivity contribution in [1.29, 1.82) is 0 Å². The molecule has 0 fully saturated rings. The van der Waals surface area contributed by atoms with E-state index in [-0.39, 0.29) is 0 Å². The minimum atomic E-state index is 0.534. The summed E-state index contributed by atoms with van der Waals surface area (Å²) < 4.78 is 0.709. The van der Waals surface area contributed by atoms with Gasteiger partial charge in [0, 0.05) is 6.20 Å². The number of hydrazine groups is 1. The Kier molecular flexibility index (Phi) is 3.65. The molecule has 0 atom stereocenters. The third-order valence-corrected chi connectivity index (χ3v) is 3.62. The van der Waals surface area contributed by atoms with Gasteiger partial charge in [-0.15, -0.1) is 0 Å². The Morgan fingerprint density at radius 1 is 1.25 bits per heavy atom. The fourth-order valence-electron chi connectivity index (χ4n) is 0.963. The van der Waals surface area contributed by atoms with Crippen LogP contribution in [0.25, 0.3) is 0 Å². The average Bonchev–Trinajstić information content (AvgIpc) is 2.33. The molecule has 0 bridgehead atoms. The molecule has 0 aliphatic rings. The van der Waals surface area contributed by atoms with Gasteiger partial charge in [0.25, 0.3) is 0 Å². The van der Waals surface area contributed by atoms with Crippen LogP contribution in [-0.2, 0) is 0 Å². The highest BCUT2D eigenvalue weighted by atomic mass is 79.9. The van der Waals surface area contributed by atoms with E-state index in [1.54, 1.807) is 12.3 Å². The lowest BCUT2D eigenvalue weighted by atomic mass is 10.6. The van der Waals surface area contributed by atoms with Gasteiger partial charge in [-0.3, -0.25) is 0 Å². The van der Waals surface area contributed by atoms with Crippen LogP contribution in [0.3, 0.4) is 0 Å². The van der Waals surface area contributed by atoms with Gasteiger partial charge in [-0.25, -0.2) is 25.8 Å². The van der Waals surface area contributed by atoms with Crippen LogP contribution in [0.1, 0.15) is 0 Å². The number of nitrogens with two attached hydrogens (primary N) is 1. The normalized spacial score (nSPS) is 10.1. The molecule has 6 nitrogen and oxygen atoms in total. The molecule has 0 saturated carbocycles. The van der Waals surface area contributed by atoms with Crippen LogP contribution in [0.4, 0.5) is 5.82 Å². The zero-order chi connectivity index (χ0) is 11.4. The minimum Gasteiger partial charge on any atom is -0.307 e. The summed E-state index contributed by atoms with van der Waals surface area (Å²) in [5, 5.41) is 1.54. The first kappa shape index (κ1) is 11.2. The molecular weight excluding hydrogens is 292 g/mol. The predicted molar refractivity (Wildman–Crippen MR) is 63.7 cm³/mol. The molecule has 3 N–H and O–H groups in total. The van der Waals surface area contributed by atoms with Gasteiger partial charge < -0.3 is 5.43 Å². The summed E-state index contributed by atoms with van der Waals surface area (Å²) in [5.74, 6) is 5.84. The van der Waals surface area contributed by atoms with E-state index < -0.39 is 0 Å². The van der Waals surface area contributed by atoms with E-state index in [0.29, 0.717) is 10.3 Å². The summed E-state index contributed by atoms with van der Waals surface area (Å²) in [5.41, 5.74) is 2.48. The molecule has 0 spiro atoms. The first-order valence-corrected chi connectivity index (χ1v) is 5.83. The number of hydrogen-bond acceptors (Lipinski definition) is 7. The number of nitrogens with one attached hydrogen (secondary N) is 1. The summed E-state index contributed by atoms with van der Waals surface area (Å²) >= 11 is 4.77. The summed E-state index contributed by atoms with van der Waals surface area (Å²) in [6.45, 7) is 0. The standard InChI is InChI=1S/C8H7BrN6S/c9-6-7(15-10)13-4-14-8(6)16-5-1-2-11-3-12-5/h1-4H,10H2,(H,13,14,15). The Hall–Kier alpha value is -1.25. The maximum absolute atomic E-state index is 5.31. The van der Waals surface area contributed by atoms with E-state index in [4.69, 9.17) is 5.84 Å². The Balaban J connectivity index is 2.28. The molecule has 2 aromatic rings. The van der Waals surface area contributed by atoms with E-state index in [1.165, 1.54) is 24.4 Å². The van der Waals surface area contributed by atoms with Gasteiger partial charge in [-0.1, -0.05) is 0 Å².